The zero-order valence-electron chi connectivity index (χ0n) is 12.9. The van der Waals surface area contributed by atoms with Crippen LogP contribution in [0, 0.1) is 21.4 Å². The minimum Gasteiger partial charge on any atom is -0.491 e. The fourth-order valence-electron chi connectivity index (χ4n) is 2.02. The van der Waals surface area contributed by atoms with E-state index in [0.717, 1.165) is 11.3 Å². The molecule has 2 rings (SSSR count). The van der Waals surface area contributed by atoms with Crippen molar-refractivity contribution in [1.29, 1.82) is 5.26 Å². The Morgan fingerprint density at radius 2 is 1.78 bits per heavy atom. The van der Waals surface area contributed by atoms with E-state index in [0.29, 0.717) is 11.1 Å². The minimum absolute atomic E-state index is 0.00114. The summed E-state index contributed by atoms with van der Waals surface area (Å²) in [5.74, 6) is 0.769. The third-order valence-corrected chi connectivity index (χ3v) is 3.07. The van der Waals surface area contributed by atoms with Gasteiger partial charge in [0.05, 0.1) is 22.7 Å². The number of benzene rings is 2. The predicted molar refractivity (Wildman–Crippen MR) is 88.8 cm³/mol. The highest BCUT2D eigenvalue weighted by Gasteiger charge is 2.07. The Kier molecular flexibility index (Phi) is 5.11. The van der Waals surface area contributed by atoms with Crippen molar-refractivity contribution in [3.05, 3.63) is 69.8 Å². The average Bonchev–Trinajstić information content (AvgIpc) is 2.53. The molecule has 0 saturated carbocycles. The molecule has 2 aromatic rings. The van der Waals surface area contributed by atoms with Gasteiger partial charge in [-0.1, -0.05) is 12.1 Å². The number of hydrogen-bond acceptors (Lipinski definition) is 4. The van der Waals surface area contributed by atoms with Gasteiger partial charge in [0.2, 0.25) is 0 Å². The van der Waals surface area contributed by atoms with Crippen molar-refractivity contribution in [2.24, 2.45) is 0 Å². The standard InChI is InChI=1S/C18H16N2O3/c1-13(2)23-18-9-3-14(4-10-18)11-16(12-19)15-5-7-17(8-6-15)20(21)22/h3-11,13H,1-2H3/b16-11-. The lowest BCUT2D eigenvalue weighted by molar-refractivity contribution is -0.384. The zero-order valence-corrected chi connectivity index (χ0v) is 12.9. The summed E-state index contributed by atoms with van der Waals surface area (Å²) in [7, 11) is 0. The van der Waals surface area contributed by atoms with E-state index in [4.69, 9.17) is 4.74 Å². The summed E-state index contributed by atoms with van der Waals surface area (Å²) in [4.78, 5) is 10.2. The van der Waals surface area contributed by atoms with Gasteiger partial charge in [-0.25, -0.2) is 0 Å². The molecule has 0 atom stereocenters. The van der Waals surface area contributed by atoms with Gasteiger partial charge in [0.15, 0.2) is 0 Å². The van der Waals surface area contributed by atoms with Crippen molar-refractivity contribution < 1.29 is 9.66 Å². The van der Waals surface area contributed by atoms with Crippen LogP contribution >= 0.6 is 0 Å². The second-order valence-electron chi connectivity index (χ2n) is 5.21. The number of nitro groups is 1. The Balaban J connectivity index is 2.24. The minimum atomic E-state index is -0.465. The maximum absolute atomic E-state index is 10.7. The number of nitriles is 1. The van der Waals surface area contributed by atoms with Crippen LogP contribution in [0.25, 0.3) is 11.6 Å². The predicted octanol–water partition coefficient (Wildman–Crippen LogP) is 4.45. The third kappa shape index (κ3) is 4.42. The van der Waals surface area contributed by atoms with Gasteiger partial charge < -0.3 is 4.74 Å². The van der Waals surface area contributed by atoms with Crippen LogP contribution in [0.5, 0.6) is 5.75 Å². The van der Waals surface area contributed by atoms with E-state index in [9.17, 15) is 15.4 Å². The van der Waals surface area contributed by atoms with Crippen LogP contribution in [-0.2, 0) is 0 Å². The van der Waals surface area contributed by atoms with E-state index in [1.165, 1.54) is 12.1 Å². The smallest absolute Gasteiger partial charge is 0.269 e. The fourth-order valence-corrected chi connectivity index (χ4v) is 2.02. The summed E-state index contributed by atoms with van der Waals surface area (Å²) in [6, 6.07) is 15.5. The van der Waals surface area contributed by atoms with Crippen LogP contribution in [0.2, 0.25) is 0 Å². The Bertz CT molecular complexity index is 754. The van der Waals surface area contributed by atoms with Gasteiger partial charge in [-0.15, -0.1) is 0 Å². The molecule has 0 spiro atoms. The number of allylic oxidation sites excluding steroid dienone is 1. The number of hydrogen-bond donors (Lipinski definition) is 0. The molecule has 0 aliphatic carbocycles. The van der Waals surface area contributed by atoms with Crippen molar-refractivity contribution in [2.75, 3.05) is 0 Å². The summed E-state index contributed by atoms with van der Waals surface area (Å²) in [5.41, 5.74) is 1.94. The monoisotopic (exact) mass is 308 g/mol. The molecule has 0 saturated heterocycles. The Morgan fingerprint density at radius 1 is 1.17 bits per heavy atom. The SMILES string of the molecule is CC(C)Oc1ccc(/C=C(/C#N)c2ccc([N+](=O)[O-])cc2)cc1. The van der Waals surface area contributed by atoms with Gasteiger partial charge >= 0.3 is 0 Å². The van der Waals surface area contributed by atoms with E-state index >= 15 is 0 Å². The molecule has 0 aromatic heterocycles. The molecule has 116 valence electrons. The van der Waals surface area contributed by atoms with Crippen LogP contribution in [0.4, 0.5) is 5.69 Å². The third-order valence-electron chi connectivity index (χ3n) is 3.07. The lowest BCUT2D eigenvalue weighted by Gasteiger charge is -2.09. The molecular formula is C18H16N2O3. The normalized spacial score (nSPS) is 11.1. The highest BCUT2D eigenvalue weighted by Crippen LogP contribution is 2.22. The summed E-state index contributed by atoms with van der Waals surface area (Å²) < 4.78 is 5.57. The van der Waals surface area contributed by atoms with E-state index < -0.39 is 4.92 Å². The number of nitro benzene ring substituents is 1. The van der Waals surface area contributed by atoms with Crippen molar-refractivity contribution >= 4 is 17.3 Å². The highest BCUT2D eigenvalue weighted by molar-refractivity contribution is 5.89. The second kappa shape index (κ2) is 7.23. The topological polar surface area (TPSA) is 76.2 Å². The molecule has 0 aliphatic heterocycles. The largest absolute Gasteiger partial charge is 0.491 e. The van der Waals surface area contributed by atoms with Crippen molar-refractivity contribution in [3.63, 3.8) is 0 Å². The average molecular weight is 308 g/mol. The van der Waals surface area contributed by atoms with E-state index in [2.05, 4.69) is 6.07 Å². The van der Waals surface area contributed by atoms with Gasteiger partial charge in [-0.3, -0.25) is 10.1 Å². The summed E-state index contributed by atoms with van der Waals surface area (Å²) in [5, 5.41) is 20.0. The Hall–Kier alpha value is -3.13. The van der Waals surface area contributed by atoms with Gasteiger partial charge in [-0.2, -0.15) is 5.26 Å². The van der Waals surface area contributed by atoms with Crippen LogP contribution in [0.1, 0.15) is 25.0 Å². The van der Waals surface area contributed by atoms with Gasteiger partial charge in [-0.05, 0) is 55.3 Å². The molecule has 0 amide bonds. The quantitative estimate of drug-likeness (QED) is 0.354. The Labute approximate surface area is 134 Å². The van der Waals surface area contributed by atoms with Crippen molar-refractivity contribution in [2.45, 2.75) is 20.0 Å². The van der Waals surface area contributed by atoms with Crippen LogP contribution in [0.15, 0.2) is 48.5 Å². The lowest BCUT2D eigenvalue weighted by Crippen LogP contribution is -2.05. The first-order chi connectivity index (χ1) is 11.0. The molecule has 23 heavy (non-hydrogen) atoms. The molecule has 0 bridgehead atoms. The van der Waals surface area contributed by atoms with Gasteiger partial charge in [0, 0.05) is 12.1 Å². The Morgan fingerprint density at radius 3 is 2.26 bits per heavy atom. The van der Waals surface area contributed by atoms with Crippen molar-refractivity contribution in [3.8, 4) is 11.8 Å². The zero-order chi connectivity index (χ0) is 16.8. The molecule has 0 aliphatic rings. The summed E-state index contributed by atoms with van der Waals surface area (Å²) >= 11 is 0. The number of ether oxygens (including phenoxy) is 1. The molecule has 0 heterocycles. The van der Waals surface area contributed by atoms with Gasteiger partial charge in [0.25, 0.3) is 5.69 Å². The van der Waals surface area contributed by atoms with Crippen LogP contribution < -0.4 is 4.74 Å². The molecule has 0 fully saturated rings. The summed E-state index contributed by atoms with van der Waals surface area (Å²) in [6.07, 6.45) is 1.84. The number of non-ortho nitro benzene ring substituents is 1. The molecule has 0 radical (unpaired) electrons. The van der Waals surface area contributed by atoms with Crippen molar-refractivity contribution in [1.82, 2.24) is 0 Å². The maximum atomic E-state index is 10.7. The number of rotatable bonds is 5. The molecule has 5 heteroatoms. The molecular weight excluding hydrogens is 292 g/mol. The maximum Gasteiger partial charge on any atom is 0.269 e. The molecule has 0 N–H and O–H groups in total. The lowest BCUT2D eigenvalue weighted by atomic mass is 10.0. The first kappa shape index (κ1) is 16.2. The highest BCUT2D eigenvalue weighted by atomic mass is 16.6. The summed E-state index contributed by atoms with van der Waals surface area (Å²) in [6.45, 7) is 3.91. The van der Waals surface area contributed by atoms with E-state index in [-0.39, 0.29) is 11.8 Å². The molecule has 0 unspecified atom stereocenters. The van der Waals surface area contributed by atoms with Crippen LogP contribution in [-0.4, -0.2) is 11.0 Å². The fraction of sp³-hybridized carbons (Fsp3) is 0.167. The number of nitrogens with zero attached hydrogens (tertiary/aromatic N) is 2. The van der Waals surface area contributed by atoms with Gasteiger partial charge in [0.1, 0.15) is 5.75 Å². The first-order valence-electron chi connectivity index (χ1n) is 7.13. The molecule has 2 aromatic carbocycles. The van der Waals surface area contributed by atoms with Crippen LogP contribution in [0.3, 0.4) is 0 Å². The van der Waals surface area contributed by atoms with E-state index in [1.807, 2.05) is 38.1 Å². The molecule has 5 nitrogen and oxygen atoms in total. The second-order valence-corrected chi connectivity index (χ2v) is 5.21. The first-order valence-corrected chi connectivity index (χ1v) is 7.13. The van der Waals surface area contributed by atoms with E-state index in [1.54, 1.807) is 18.2 Å².